The highest BCUT2D eigenvalue weighted by atomic mass is 16.2. The predicted octanol–water partition coefficient (Wildman–Crippen LogP) is 2.17. The highest BCUT2D eigenvalue weighted by molar-refractivity contribution is 5.78. The number of hydrogen-bond donors (Lipinski definition) is 0. The summed E-state index contributed by atoms with van der Waals surface area (Å²) in [6.45, 7) is 8.26. The summed E-state index contributed by atoms with van der Waals surface area (Å²) < 4.78 is 0. The maximum Gasteiger partial charge on any atom is 0.227 e. The summed E-state index contributed by atoms with van der Waals surface area (Å²) in [5.74, 6) is 0.272. The van der Waals surface area contributed by atoms with E-state index in [1.165, 1.54) is 31.4 Å². The monoisotopic (exact) mass is 329 g/mol. The molecule has 3 rings (SSSR count). The van der Waals surface area contributed by atoms with Gasteiger partial charge >= 0.3 is 0 Å². The Balaban J connectivity index is 1.44. The molecule has 4 nitrogen and oxygen atoms in total. The Kier molecular flexibility index (Phi) is 5.90. The number of nitrogens with zero attached hydrogens (tertiary/aromatic N) is 3. The van der Waals surface area contributed by atoms with Gasteiger partial charge in [0, 0.05) is 38.8 Å². The maximum atomic E-state index is 12.5. The van der Waals surface area contributed by atoms with E-state index < -0.39 is 0 Å². The van der Waals surface area contributed by atoms with Gasteiger partial charge in [-0.3, -0.25) is 9.69 Å². The summed E-state index contributed by atoms with van der Waals surface area (Å²) in [7, 11) is 2.26. The highest BCUT2D eigenvalue weighted by Crippen LogP contribution is 2.17. The van der Waals surface area contributed by atoms with Crippen molar-refractivity contribution in [2.24, 2.45) is 0 Å². The van der Waals surface area contributed by atoms with Crippen LogP contribution < -0.4 is 0 Å². The lowest BCUT2D eigenvalue weighted by Gasteiger charge is -2.40. The number of benzene rings is 1. The summed E-state index contributed by atoms with van der Waals surface area (Å²) in [5.41, 5.74) is 2.37. The Bertz CT molecular complexity index is 534. The molecule has 132 valence electrons. The molecule has 2 heterocycles. The van der Waals surface area contributed by atoms with Gasteiger partial charge in [0.05, 0.1) is 6.42 Å². The van der Waals surface area contributed by atoms with Gasteiger partial charge < -0.3 is 9.80 Å². The molecule has 1 aromatic carbocycles. The predicted molar refractivity (Wildman–Crippen MR) is 98.2 cm³/mol. The van der Waals surface area contributed by atoms with Crippen LogP contribution in [0.3, 0.4) is 0 Å². The minimum Gasteiger partial charge on any atom is -0.340 e. The smallest absolute Gasteiger partial charge is 0.227 e. The molecule has 0 bridgehead atoms. The van der Waals surface area contributed by atoms with E-state index in [0.29, 0.717) is 12.5 Å². The number of rotatable bonds is 4. The van der Waals surface area contributed by atoms with Crippen molar-refractivity contribution < 1.29 is 4.79 Å². The number of carbonyl (C=O) groups is 1. The van der Waals surface area contributed by atoms with Crippen LogP contribution in [0.15, 0.2) is 24.3 Å². The first kappa shape index (κ1) is 17.4. The molecule has 0 aliphatic carbocycles. The normalized spacial score (nSPS) is 23.4. The molecule has 1 aromatic rings. The van der Waals surface area contributed by atoms with Crippen LogP contribution in [0.25, 0.3) is 0 Å². The van der Waals surface area contributed by atoms with E-state index in [9.17, 15) is 4.79 Å². The Labute approximate surface area is 146 Å². The quantitative estimate of drug-likeness (QED) is 0.847. The largest absolute Gasteiger partial charge is 0.340 e. The van der Waals surface area contributed by atoms with Crippen molar-refractivity contribution in [3.05, 3.63) is 35.4 Å². The van der Waals surface area contributed by atoms with Crippen molar-refractivity contribution in [3.63, 3.8) is 0 Å². The molecule has 4 heteroatoms. The van der Waals surface area contributed by atoms with Gasteiger partial charge in [-0.25, -0.2) is 0 Å². The minimum absolute atomic E-state index is 0.272. The maximum absolute atomic E-state index is 12.5. The third-order valence-electron chi connectivity index (χ3n) is 5.59. The zero-order valence-electron chi connectivity index (χ0n) is 15.2. The fraction of sp³-hybridized carbons (Fsp3) is 0.650. The lowest BCUT2D eigenvalue weighted by atomic mass is 10.0. The van der Waals surface area contributed by atoms with E-state index in [0.717, 1.165) is 38.3 Å². The Morgan fingerprint density at radius 2 is 1.75 bits per heavy atom. The van der Waals surface area contributed by atoms with Gasteiger partial charge in [-0.1, -0.05) is 36.2 Å². The van der Waals surface area contributed by atoms with Crippen molar-refractivity contribution in [1.82, 2.24) is 14.7 Å². The Hall–Kier alpha value is -1.39. The van der Waals surface area contributed by atoms with E-state index in [1.54, 1.807) is 0 Å². The van der Waals surface area contributed by atoms with Crippen LogP contribution in [0.4, 0.5) is 0 Å². The molecular weight excluding hydrogens is 298 g/mol. The van der Waals surface area contributed by atoms with E-state index in [4.69, 9.17) is 0 Å². The third kappa shape index (κ3) is 4.58. The highest BCUT2D eigenvalue weighted by Gasteiger charge is 2.25. The van der Waals surface area contributed by atoms with Crippen LogP contribution in [0.5, 0.6) is 0 Å². The summed E-state index contributed by atoms with van der Waals surface area (Å²) in [6, 6.07) is 9.02. The molecule has 2 aliphatic heterocycles. The van der Waals surface area contributed by atoms with Crippen LogP contribution in [0, 0.1) is 6.92 Å². The van der Waals surface area contributed by atoms with E-state index in [-0.39, 0.29) is 5.91 Å². The van der Waals surface area contributed by atoms with E-state index >= 15 is 0 Å². The molecule has 2 fully saturated rings. The van der Waals surface area contributed by atoms with Crippen LogP contribution >= 0.6 is 0 Å². The molecule has 0 N–H and O–H groups in total. The second-order valence-electron chi connectivity index (χ2n) is 7.47. The minimum atomic E-state index is 0.272. The van der Waals surface area contributed by atoms with Gasteiger partial charge in [0.15, 0.2) is 0 Å². The second kappa shape index (κ2) is 8.13. The van der Waals surface area contributed by atoms with Crippen LogP contribution in [0.2, 0.25) is 0 Å². The fourth-order valence-corrected chi connectivity index (χ4v) is 3.85. The van der Waals surface area contributed by atoms with Gasteiger partial charge in [0.1, 0.15) is 0 Å². The lowest BCUT2D eigenvalue weighted by molar-refractivity contribution is -0.132. The summed E-state index contributed by atoms with van der Waals surface area (Å²) in [4.78, 5) is 19.6. The molecule has 2 saturated heterocycles. The zero-order valence-corrected chi connectivity index (χ0v) is 15.2. The number of piperazine rings is 1. The summed E-state index contributed by atoms with van der Waals surface area (Å²) in [6.07, 6.45) is 4.56. The molecular formula is C20H31N3O. The SMILES string of the molecule is Cc1ccc(CC(=O)N2CCN(C[C@H]3CCCCN3C)CC2)cc1. The number of piperidine rings is 1. The molecule has 2 aliphatic rings. The Morgan fingerprint density at radius 1 is 1.04 bits per heavy atom. The molecule has 0 aromatic heterocycles. The average Bonchev–Trinajstić information content (AvgIpc) is 2.59. The van der Waals surface area contributed by atoms with E-state index in [2.05, 4.69) is 48.0 Å². The third-order valence-corrected chi connectivity index (χ3v) is 5.59. The molecule has 0 spiro atoms. The molecule has 1 amide bonds. The molecule has 1 atom stereocenters. The molecule has 0 saturated carbocycles. The van der Waals surface area contributed by atoms with Gasteiger partial charge in [0.2, 0.25) is 5.91 Å². The number of likely N-dealkylation sites (N-methyl/N-ethyl adjacent to an activating group) is 1. The zero-order chi connectivity index (χ0) is 16.9. The van der Waals surface area contributed by atoms with Crippen LogP contribution in [0.1, 0.15) is 30.4 Å². The summed E-state index contributed by atoms with van der Waals surface area (Å²) in [5, 5.41) is 0. The topological polar surface area (TPSA) is 26.8 Å². The van der Waals surface area contributed by atoms with Crippen LogP contribution in [-0.2, 0) is 11.2 Å². The standard InChI is InChI=1S/C20H31N3O/c1-17-6-8-18(9-7-17)15-20(24)23-13-11-22(12-14-23)16-19-5-3-4-10-21(19)2/h6-9,19H,3-5,10-16H2,1-2H3/t19-/m1/s1. The number of aryl methyl sites for hydroxylation is 1. The first-order chi connectivity index (χ1) is 11.6. The van der Waals surface area contributed by atoms with Crippen molar-refractivity contribution >= 4 is 5.91 Å². The van der Waals surface area contributed by atoms with Gasteiger partial charge in [-0.15, -0.1) is 0 Å². The number of hydrogen-bond acceptors (Lipinski definition) is 3. The van der Waals surface area contributed by atoms with Gasteiger partial charge in [0.25, 0.3) is 0 Å². The first-order valence-corrected chi connectivity index (χ1v) is 9.38. The summed E-state index contributed by atoms with van der Waals surface area (Å²) >= 11 is 0. The van der Waals surface area contributed by atoms with Crippen molar-refractivity contribution in [3.8, 4) is 0 Å². The second-order valence-corrected chi connectivity index (χ2v) is 7.47. The number of likely N-dealkylation sites (tertiary alicyclic amines) is 1. The average molecular weight is 329 g/mol. The fourth-order valence-electron chi connectivity index (χ4n) is 3.85. The van der Waals surface area contributed by atoms with E-state index in [1.807, 2.05) is 4.90 Å². The van der Waals surface area contributed by atoms with Crippen LogP contribution in [-0.4, -0.2) is 73.0 Å². The Morgan fingerprint density at radius 3 is 2.42 bits per heavy atom. The van der Waals surface area contributed by atoms with Crippen molar-refractivity contribution in [2.45, 2.75) is 38.6 Å². The lowest BCUT2D eigenvalue weighted by Crippen LogP contribution is -2.53. The first-order valence-electron chi connectivity index (χ1n) is 9.38. The van der Waals surface area contributed by atoms with Crippen molar-refractivity contribution in [2.75, 3.05) is 46.3 Å². The van der Waals surface area contributed by atoms with Gasteiger partial charge in [-0.2, -0.15) is 0 Å². The van der Waals surface area contributed by atoms with Crippen molar-refractivity contribution in [1.29, 1.82) is 0 Å². The molecule has 0 radical (unpaired) electrons. The molecule has 24 heavy (non-hydrogen) atoms. The molecule has 0 unspecified atom stereocenters. The van der Waals surface area contributed by atoms with Gasteiger partial charge in [-0.05, 0) is 38.9 Å². The number of carbonyl (C=O) groups excluding carboxylic acids is 1. The number of amides is 1.